The number of rotatable bonds is 12. The van der Waals surface area contributed by atoms with E-state index >= 15 is 0 Å². The third-order valence-electron chi connectivity index (χ3n) is 5.22. The molecule has 0 unspecified atom stereocenters. The number of esters is 6. The van der Waals surface area contributed by atoms with Gasteiger partial charge in [-0.3, -0.25) is 33.6 Å². The summed E-state index contributed by atoms with van der Waals surface area (Å²) in [6.07, 6.45) is -6.63. The second-order valence-corrected chi connectivity index (χ2v) is 10.9. The van der Waals surface area contributed by atoms with Crippen LogP contribution in [0.1, 0.15) is 55.4 Å². The predicted molar refractivity (Wildman–Crippen MR) is 134 cm³/mol. The topological polar surface area (TPSA) is 187 Å². The van der Waals surface area contributed by atoms with Crippen molar-refractivity contribution in [1.29, 1.82) is 0 Å². The third-order valence-corrected chi connectivity index (χ3v) is 6.76. The Hall–Kier alpha value is -3.40. The maximum atomic E-state index is 12.8. The summed E-state index contributed by atoms with van der Waals surface area (Å²) in [4.78, 5) is 90.4. The first-order valence-corrected chi connectivity index (χ1v) is 12.8. The maximum Gasteiger partial charge on any atom is 0.328 e. The molecule has 0 aromatic heterocycles. The molecule has 0 bridgehead atoms. The zero-order valence-corrected chi connectivity index (χ0v) is 24.6. The number of nitrogens with zero attached hydrogens (tertiary/aromatic N) is 1. The van der Waals surface area contributed by atoms with E-state index in [1.165, 1.54) is 0 Å². The van der Waals surface area contributed by atoms with Gasteiger partial charge in [0.15, 0.2) is 30.5 Å². The Labute approximate surface area is 235 Å². The number of carbonyl (C=O) groups excluding carboxylic acids is 7. The lowest BCUT2D eigenvalue weighted by Gasteiger charge is -2.38. The van der Waals surface area contributed by atoms with E-state index in [9.17, 15) is 33.6 Å². The maximum absolute atomic E-state index is 12.8. The van der Waals surface area contributed by atoms with Gasteiger partial charge in [-0.25, -0.2) is 0 Å². The van der Waals surface area contributed by atoms with Crippen molar-refractivity contribution in [3.05, 3.63) is 0 Å². The molecule has 0 N–H and O–H groups in total. The van der Waals surface area contributed by atoms with E-state index in [1.54, 1.807) is 13.8 Å². The zero-order chi connectivity index (χ0) is 30.9. The lowest BCUT2D eigenvalue weighted by molar-refractivity contribution is -0.231. The van der Waals surface area contributed by atoms with Gasteiger partial charge in [-0.15, -0.1) is 16.8 Å². The van der Waals surface area contributed by atoms with Gasteiger partial charge in [-0.2, -0.15) is 0 Å². The highest BCUT2D eigenvalue weighted by molar-refractivity contribution is 8.01. The normalized spacial score (nSPS) is 21.0. The Morgan fingerprint density at radius 1 is 0.725 bits per heavy atom. The van der Waals surface area contributed by atoms with Crippen LogP contribution in [-0.4, -0.2) is 101 Å². The van der Waals surface area contributed by atoms with Crippen molar-refractivity contribution in [3.8, 4) is 0 Å². The molecule has 0 spiro atoms. The van der Waals surface area contributed by atoms with Crippen LogP contribution in [0.15, 0.2) is 0 Å². The van der Waals surface area contributed by atoms with E-state index in [4.69, 9.17) is 33.3 Å². The molecule has 40 heavy (non-hydrogen) atoms. The van der Waals surface area contributed by atoms with E-state index < -0.39 is 89.0 Å². The van der Waals surface area contributed by atoms with Gasteiger partial charge in [0.2, 0.25) is 0 Å². The number of hydrogen-bond donors (Lipinski definition) is 0. The lowest BCUT2D eigenvalue weighted by atomic mass is 9.99. The first-order valence-electron chi connectivity index (χ1n) is 12.0. The minimum Gasteiger partial charge on any atom is -0.468 e. The molecule has 16 heteroatoms. The van der Waals surface area contributed by atoms with Crippen LogP contribution in [0.5, 0.6) is 0 Å². The van der Waals surface area contributed by atoms with Gasteiger partial charge in [-0.05, 0) is 13.8 Å². The van der Waals surface area contributed by atoms with Gasteiger partial charge < -0.3 is 33.3 Å². The fourth-order valence-electron chi connectivity index (χ4n) is 3.99. The molecule has 15 nitrogen and oxygen atoms in total. The van der Waals surface area contributed by atoms with Crippen molar-refractivity contribution in [2.45, 2.75) is 96.0 Å². The molecule has 1 saturated heterocycles. The van der Waals surface area contributed by atoms with Gasteiger partial charge in [-0.1, -0.05) is 0 Å². The molecule has 1 fully saturated rings. The molecular formula is C24H35NO14S. The minimum atomic E-state index is -1.74. The molecule has 0 amide bonds. The monoisotopic (exact) mass is 593 g/mol. The van der Waals surface area contributed by atoms with Crippen LogP contribution in [0, 0.1) is 0 Å². The highest BCUT2D eigenvalue weighted by Gasteiger charge is 2.60. The molecular weight excluding hydrogens is 558 g/mol. The van der Waals surface area contributed by atoms with Crippen molar-refractivity contribution in [2.24, 2.45) is 0 Å². The Bertz CT molecular complexity index is 998. The summed E-state index contributed by atoms with van der Waals surface area (Å²) in [5.41, 5.74) is 0. The number of carbonyl (C=O) groups is 7. The van der Waals surface area contributed by atoms with Crippen LogP contribution in [0.4, 0.5) is 0 Å². The first kappa shape index (κ1) is 34.6. The summed E-state index contributed by atoms with van der Waals surface area (Å²) < 4.78 is 30.5. The molecule has 1 rings (SSSR count). The molecule has 1 aliphatic rings. The van der Waals surface area contributed by atoms with Gasteiger partial charge in [0, 0.05) is 46.3 Å². The smallest absolute Gasteiger partial charge is 0.328 e. The number of methoxy groups -OCH3 is 1. The van der Waals surface area contributed by atoms with Crippen LogP contribution < -0.4 is 0 Å². The molecule has 1 heterocycles. The van der Waals surface area contributed by atoms with Crippen LogP contribution in [0.2, 0.25) is 0 Å². The number of ether oxygens (including phenoxy) is 6. The number of thioether (sulfide) groups is 1. The Balaban J connectivity index is 3.87. The average molecular weight is 594 g/mol. The van der Waals surface area contributed by atoms with E-state index in [-0.39, 0.29) is 0 Å². The highest BCUT2D eigenvalue weighted by Crippen LogP contribution is 2.48. The van der Waals surface area contributed by atoms with Gasteiger partial charge in [0.25, 0.3) is 0 Å². The molecule has 226 valence electrons. The third kappa shape index (κ3) is 9.97. The summed E-state index contributed by atoms with van der Waals surface area (Å²) in [5, 5.41) is -0.318. The van der Waals surface area contributed by atoms with Crippen molar-refractivity contribution < 1.29 is 66.8 Å². The zero-order valence-electron chi connectivity index (χ0n) is 23.7. The van der Waals surface area contributed by atoms with Crippen LogP contribution in [0.25, 0.3) is 0 Å². The molecule has 0 aromatic rings. The predicted octanol–water partition coefficient (Wildman–Crippen LogP) is 0.450. The van der Waals surface area contributed by atoms with Crippen molar-refractivity contribution in [3.63, 3.8) is 0 Å². The summed E-state index contributed by atoms with van der Waals surface area (Å²) in [7, 11) is 1.13. The van der Waals surface area contributed by atoms with Crippen LogP contribution in [0.3, 0.4) is 0 Å². The average Bonchev–Trinajstić information content (AvgIpc) is 3.05. The summed E-state index contributed by atoms with van der Waals surface area (Å²) in [5.74, 6) is -6.03. The van der Waals surface area contributed by atoms with Crippen molar-refractivity contribution in [1.82, 2.24) is 5.06 Å². The fraction of sp³-hybridized carbons (Fsp3) is 0.708. The second-order valence-electron chi connectivity index (χ2n) is 9.15. The van der Waals surface area contributed by atoms with E-state index in [1.807, 2.05) is 0 Å². The molecule has 0 aromatic carbocycles. The lowest BCUT2D eigenvalue weighted by Crippen LogP contribution is -2.59. The standard InChI is InChI=1S/C24H35NO14S/c1-11(26)34-10-17(35-12(2)27)18(36-13(3)28)19(37-14(4)29)20(38-15(5)30)22-25(39-16(6)31)21(23(32)33-9)24(7,8)40-22/h17-22H,10H2,1-9H3/t17-,18+,19-,20-,21+,22+/m1/s1. The summed E-state index contributed by atoms with van der Waals surface area (Å²) in [6.45, 7) is 8.89. The SMILES string of the molecule is COC(=O)[C@@H]1N(OC(C)=O)[C@H]([C@H](OC(C)=O)[C@H](OC(C)=O)[C@@H](OC(C)=O)[C@@H](COC(C)=O)OC(C)=O)SC1(C)C. The molecule has 6 atom stereocenters. The molecule has 0 aliphatic carbocycles. The van der Waals surface area contributed by atoms with Crippen LogP contribution >= 0.6 is 11.8 Å². The van der Waals surface area contributed by atoms with Crippen LogP contribution in [-0.2, 0) is 66.8 Å². The Kier molecular flexibility index (Phi) is 12.8. The largest absolute Gasteiger partial charge is 0.468 e. The van der Waals surface area contributed by atoms with E-state index in [0.717, 1.165) is 65.5 Å². The highest BCUT2D eigenvalue weighted by atomic mass is 32.2. The summed E-state index contributed by atoms with van der Waals surface area (Å²) in [6, 6.07) is -1.23. The second kappa shape index (κ2) is 14.8. The quantitative estimate of drug-likeness (QED) is 0.224. The van der Waals surface area contributed by atoms with Crippen molar-refractivity contribution >= 4 is 53.5 Å². The van der Waals surface area contributed by atoms with Gasteiger partial charge in [0.05, 0.1) is 7.11 Å². The molecule has 1 aliphatic heterocycles. The van der Waals surface area contributed by atoms with Gasteiger partial charge in [0.1, 0.15) is 12.0 Å². The Morgan fingerprint density at radius 3 is 1.65 bits per heavy atom. The van der Waals surface area contributed by atoms with E-state index in [0.29, 0.717) is 0 Å². The molecule has 0 radical (unpaired) electrons. The van der Waals surface area contributed by atoms with Crippen molar-refractivity contribution in [2.75, 3.05) is 13.7 Å². The van der Waals surface area contributed by atoms with Gasteiger partial charge >= 0.3 is 41.8 Å². The number of hydroxylamine groups is 2. The fourth-order valence-corrected chi connectivity index (χ4v) is 5.56. The Morgan fingerprint density at radius 2 is 1.23 bits per heavy atom. The van der Waals surface area contributed by atoms with E-state index in [2.05, 4.69) is 0 Å². The first-order chi connectivity index (χ1) is 18.4. The summed E-state index contributed by atoms with van der Waals surface area (Å²) >= 11 is 1.00. The molecule has 0 saturated carbocycles. The number of hydrogen-bond acceptors (Lipinski definition) is 16. The minimum absolute atomic E-state index is 0.640.